The maximum Gasteiger partial charge on any atom is 0.158 e. The SMILES string of the molecule is CC1=CC(F)=C(c2ncccn2)CC#C1. The molecule has 0 aromatic carbocycles. The molecule has 1 aliphatic carbocycles. The predicted molar refractivity (Wildman–Crippen MR) is 56.2 cm³/mol. The molecule has 0 fully saturated rings. The zero-order valence-corrected chi connectivity index (χ0v) is 8.29. The fraction of sp³-hybridized carbons (Fsp3) is 0.167. The first-order chi connectivity index (χ1) is 7.27. The number of rotatable bonds is 1. The Morgan fingerprint density at radius 3 is 2.80 bits per heavy atom. The van der Waals surface area contributed by atoms with Crippen molar-refractivity contribution in [2.75, 3.05) is 0 Å². The summed E-state index contributed by atoms with van der Waals surface area (Å²) in [5.41, 5.74) is 1.18. The Balaban J connectivity index is 2.47. The van der Waals surface area contributed by atoms with Gasteiger partial charge in [0.25, 0.3) is 0 Å². The lowest BCUT2D eigenvalue weighted by Crippen LogP contribution is -1.93. The van der Waals surface area contributed by atoms with E-state index in [1.807, 2.05) is 0 Å². The van der Waals surface area contributed by atoms with Gasteiger partial charge < -0.3 is 0 Å². The van der Waals surface area contributed by atoms with Gasteiger partial charge in [-0.05, 0) is 19.1 Å². The standard InChI is InChI=1S/C12H9FN2/c1-9-4-2-5-10(11(13)8-9)12-14-6-3-7-15-12/h3,6-8H,5H2,1H3. The van der Waals surface area contributed by atoms with Gasteiger partial charge in [-0.3, -0.25) is 0 Å². The third-order valence-corrected chi connectivity index (χ3v) is 2.02. The van der Waals surface area contributed by atoms with E-state index in [0.717, 1.165) is 5.57 Å². The molecule has 0 saturated heterocycles. The molecule has 1 aromatic rings. The van der Waals surface area contributed by atoms with E-state index in [1.54, 1.807) is 25.4 Å². The summed E-state index contributed by atoms with van der Waals surface area (Å²) in [5.74, 6) is 5.83. The summed E-state index contributed by atoms with van der Waals surface area (Å²) in [7, 11) is 0. The van der Waals surface area contributed by atoms with Gasteiger partial charge in [0.05, 0.1) is 0 Å². The summed E-state index contributed by atoms with van der Waals surface area (Å²) < 4.78 is 13.7. The summed E-state index contributed by atoms with van der Waals surface area (Å²) in [5, 5.41) is 0. The molecule has 2 rings (SSSR count). The van der Waals surface area contributed by atoms with Crippen molar-refractivity contribution in [3.05, 3.63) is 41.8 Å². The average Bonchev–Trinajstić information content (AvgIpc) is 2.40. The van der Waals surface area contributed by atoms with Gasteiger partial charge in [0.2, 0.25) is 0 Å². The van der Waals surface area contributed by atoms with Crippen LogP contribution in [0.2, 0.25) is 0 Å². The van der Waals surface area contributed by atoms with Crippen molar-refractivity contribution in [3.63, 3.8) is 0 Å². The highest BCUT2D eigenvalue weighted by Gasteiger charge is 2.10. The van der Waals surface area contributed by atoms with Crippen LogP contribution in [0, 0.1) is 11.8 Å². The molecule has 0 atom stereocenters. The van der Waals surface area contributed by atoms with Crippen molar-refractivity contribution in [2.24, 2.45) is 0 Å². The zero-order valence-electron chi connectivity index (χ0n) is 8.29. The molecule has 0 amide bonds. The highest BCUT2D eigenvalue weighted by molar-refractivity contribution is 5.68. The minimum absolute atomic E-state index is 0.309. The number of hydrogen-bond acceptors (Lipinski definition) is 2. The molecular weight excluding hydrogens is 191 g/mol. The quantitative estimate of drug-likeness (QED) is 0.651. The molecule has 1 aromatic heterocycles. The Bertz CT molecular complexity index is 489. The Morgan fingerprint density at radius 2 is 2.07 bits per heavy atom. The van der Waals surface area contributed by atoms with E-state index in [4.69, 9.17) is 0 Å². The minimum Gasteiger partial charge on any atom is -0.237 e. The lowest BCUT2D eigenvalue weighted by molar-refractivity contribution is 0.666. The summed E-state index contributed by atoms with van der Waals surface area (Å²) >= 11 is 0. The molecule has 1 heterocycles. The molecule has 3 heteroatoms. The number of allylic oxidation sites excluding steroid dienone is 4. The zero-order chi connectivity index (χ0) is 10.7. The van der Waals surface area contributed by atoms with Crippen LogP contribution >= 0.6 is 0 Å². The van der Waals surface area contributed by atoms with E-state index in [9.17, 15) is 4.39 Å². The number of hydrogen-bond donors (Lipinski definition) is 0. The largest absolute Gasteiger partial charge is 0.237 e. The minimum atomic E-state index is -0.309. The first-order valence-electron chi connectivity index (χ1n) is 4.60. The number of nitrogens with zero attached hydrogens (tertiary/aromatic N) is 2. The lowest BCUT2D eigenvalue weighted by atomic mass is 10.1. The highest BCUT2D eigenvalue weighted by Crippen LogP contribution is 2.23. The van der Waals surface area contributed by atoms with E-state index in [0.29, 0.717) is 17.8 Å². The maximum atomic E-state index is 13.7. The van der Waals surface area contributed by atoms with Gasteiger partial charge >= 0.3 is 0 Å². The normalized spacial score (nSPS) is 15.2. The highest BCUT2D eigenvalue weighted by atomic mass is 19.1. The van der Waals surface area contributed by atoms with Crippen LogP contribution < -0.4 is 0 Å². The first-order valence-corrected chi connectivity index (χ1v) is 4.60. The Kier molecular flexibility index (Phi) is 2.59. The molecule has 0 spiro atoms. The summed E-state index contributed by atoms with van der Waals surface area (Å²) in [6.07, 6.45) is 4.96. The van der Waals surface area contributed by atoms with E-state index in [2.05, 4.69) is 21.8 Å². The molecule has 0 aliphatic heterocycles. The van der Waals surface area contributed by atoms with Gasteiger partial charge in [-0.2, -0.15) is 0 Å². The molecule has 15 heavy (non-hydrogen) atoms. The summed E-state index contributed by atoms with van der Waals surface area (Å²) in [6.45, 7) is 1.78. The summed E-state index contributed by atoms with van der Waals surface area (Å²) in [6, 6.07) is 1.70. The Labute approximate surface area is 87.6 Å². The van der Waals surface area contributed by atoms with Crippen molar-refractivity contribution < 1.29 is 4.39 Å². The Morgan fingerprint density at radius 1 is 1.33 bits per heavy atom. The van der Waals surface area contributed by atoms with E-state index in [-0.39, 0.29) is 5.83 Å². The molecule has 0 N–H and O–H groups in total. The van der Waals surface area contributed by atoms with Gasteiger partial charge in [-0.25, -0.2) is 14.4 Å². The van der Waals surface area contributed by atoms with E-state index >= 15 is 0 Å². The fourth-order valence-corrected chi connectivity index (χ4v) is 1.31. The van der Waals surface area contributed by atoms with Crippen LogP contribution in [0.3, 0.4) is 0 Å². The van der Waals surface area contributed by atoms with Crippen molar-refractivity contribution in [1.82, 2.24) is 9.97 Å². The monoisotopic (exact) mass is 200 g/mol. The van der Waals surface area contributed by atoms with Crippen molar-refractivity contribution in [3.8, 4) is 11.8 Å². The van der Waals surface area contributed by atoms with Gasteiger partial charge in [0.1, 0.15) is 5.83 Å². The van der Waals surface area contributed by atoms with Crippen LogP contribution in [0.4, 0.5) is 4.39 Å². The van der Waals surface area contributed by atoms with Crippen LogP contribution in [0.15, 0.2) is 35.9 Å². The average molecular weight is 200 g/mol. The van der Waals surface area contributed by atoms with Crippen LogP contribution in [-0.2, 0) is 0 Å². The lowest BCUT2D eigenvalue weighted by Gasteiger charge is -2.01. The third-order valence-electron chi connectivity index (χ3n) is 2.02. The molecule has 0 bridgehead atoms. The molecular formula is C12H9FN2. The fourth-order valence-electron chi connectivity index (χ4n) is 1.31. The van der Waals surface area contributed by atoms with Gasteiger partial charge in [-0.15, -0.1) is 0 Å². The molecule has 0 radical (unpaired) electrons. The van der Waals surface area contributed by atoms with Crippen LogP contribution in [-0.4, -0.2) is 9.97 Å². The van der Waals surface area contributed by atoms with Crippen LogP contribution in [0.5, 0.6) is 0 Å². The second kappa shape index (κ2) is 4.05. The van der Waals surface area contributed by atoms with E-state index in [1.165, 1.54) is 6.08 Å². The molecule has 1 aliphatic rings. The van der Waals surface area contributed by atoms with Crippen molar-refractivity contribution in [2.45, 2.75) is 13.3 Å². The first kappa shape index (κ1) is 9.60. The van der Waals surface area contributed by atoms with E-state index < -0.39 is 0 Å². The number of halogens is 1. The van der Waals surface area contributed by atoms with Crippen molar-refractivity contribution >= 4 is 5.57 Å². The van der Waals surface area contributed by atoms with Gasteiger partial charge in [0, 0.05) is 30.0 Å². The Hall–Kier alpha value is -1.95. The topological polar surface area (TPSA) is 25.8 Å². The van der Waals surface area contributed by atoms with Gasteiger partial charge in [-0.1, -0.05) is 11.8 Å². The molecule has 0 saturated carbocycles. The maximum absolute atomic E-state index is 13.7. The second-order valence-electron chi connectivity index (χ2n) is 3.20. The second-order valence-corrected chi connectivity index (χ2v) is 3.20. The third kappa shape index (κ3) is 2.10. The number of aromatic nitrogens is 2. The molecule has 2 nitrogen and oxygen atoms in total. The molecule has 74 valence electrons. The van der Waals surface area contributed by atoms with Crippen LogP contribution in [0.1, 0.15) is 19.2 Å². The van der Waals surface area contributed by atoms with Gasteiger partial charge in [0.15, 0.2) is 5.82 Å². The van der Waals surface area contributed by atoms with Crippen molar-refractivity contribution in [1.29, 1.82) is 0 Å². The predicted octanol–water partition coefficient (Wildman–Crippen LogP) is 2.51. The van der Waals surface area contributed by atoms with Crippen LogP contribution in [0.25, 0.3) is 5.57 Å². The molecule has 0 unspecified atom stereocenters. The summed E-state index contributed by atoms with van der Waals surface area (Å²) in [4.78, 5) is 8.03. The smallest absolute Gasteiger partial charge is 0.158 e.